The van der Waals surface area contributed by atoms with Crippen LogP contribution >= 0.6 is 11.6 Å². The number of rotatable bonds is 8. The first-order valence-corrected chi connectivity index (χ1v) is 17.7. The van der Waals surface area contributed by atoms with Gasteiger partial charge < -0.3 is 19.3 Å². The van der Waals surface area contributed by atoms with Crippen molar-refractivity contribution in [3.63, 3.8) is 0 Å². The van der Waals surface area contributed by atoms with E-state index in [0.717, 1.165) is 49.0 Å². The predicted octanol–water partition coefficient (Wildman–Crippen LogP) is 6.12. The number of carbonyl (C=O) groups excluding carboxylic acids is 1. The Morgan fingerprint density at radius 2 is 1.72 bits per heavy atom. The minimum atomic E-state index is -3.49. The molecular weight excluding hydrogens is 640 g/mol. The van der Waals surface area contributed by atoms with Crippen LogP contribution in [0.5, 0.6) is 5.75 Å². The van der Waals surface area contributed by atoms with Gasteiger partial charge in [0, 0.05) is 43.2 Å². The second kappa shape index (κ2) is 12.8. The van der Waals surface area contributed by atoms with Crippen molar-refractivity contribution < 1.29 is 22.7 Å². The first-order chi connectivity index (χ1) is 22.0. The number of ether oxygens (including phenoxy) is 2. The minimum absolute atomic E-state index is 0.0127. The zero-order valence-electron chi connectivity index (χ0n) is 27.6. The zero-order valence-corrected chi connectivity index (χ0v) is 29.2. The molecule has 5 rings (SSSR count). The molecule has 3 aromatic rings. The summed E-state index contributed by atoms with van der Waals surface area (Å²) in [4.78, 5) is 24.5. The number of nitriles is 1. The average Bonchev–Trinajstić information content (AvgIpc) is 2.97. The summed E-state index contributed by atoms with van der Waals surface area (Å²) in [7, 11) is -3.49. The third-order valence-electron chi connectivity index (χ3n) is 8.70. The molecule has 0 radical (unpaired) electrons. The van der Waals surface area contributed by atoms with Crippen molar-refractivity contribution in [2.24, 2.45) is 5.41 Å². The van der Waals surface area contributed by atoms with E-state index in [1.165, 1.54) is 6.20 Å². The summed E-state index contributed by atoms with van der Waals surface area (Å²) in [6.07, 6.45) is 4.06. The lowest BCUT2D eigenvalue weighted by molar-refractivity contribution is -0.0434. The number of nitrogens with zero attached hydrogens (tertiary/aromatic N) is 5. The SMILES string of the molecule is CC(C)(C)OC(=O)N1CC2(CCN(c3c(Cl)cc(C(C)(C)c4ccc(OCc5ccnc(NS(C)(=O)=O)n5)cc4)cc3C#N)CC2)C1. The Bertz CT molecular complexity index is 1780. The van der Waals surface area contributed by atoms with E-state index in [-0.39, 0.29) is 24.1 Å². The Morgan fingerprint density at radius 1 is 1.06 bits per heavy atom. The molecule has 1 aromatic heterocycles. The van der Waals surface area contributed by atoms with E-state index < -0.39 is 21.0 Å². The molecule has 3 heterocycles. The fraction of sp³-hybridized carbons (Fsp3) is 0.471. The third-order valence-corrected chi connectivity index (χ3v) is 9.54. The number of halogens is 1. The van der Waals surface area contributed by atoms with Gasteiger partial charge in [-0.3, -0.25) is 4.72 Å². The van der Waals surface area contributed by atoms with E-state index in [1.807, 2.05) is 57.2 Å². The van der Waals surface area contributed by atoms with Gasteiger partial charge in [-0.15, -0.1) is 0 Å². The lowest BCUT2D eigenvalue weighted by Gasteiger charge is -2.54. The quantitative estimate of drug-likeness (QED) is 0.298. The molecule has 0 saturated carbocycles. The third kappa shape index (κ3) is 8.08. The van der Waals surface area contributed by atoms with Gasteiger partial charge in [0.05, 0.1) is 28.2 Å². The molecule has 11 nitrogen and oxygen atoms in total. The van der Waals surface area contributed by atoms with Crippen LogP contribution in [0.1, 0.15) is 69.8 Å². The molecule has 2 saturated heterocycles. The number of benzene rings is 2. The highest BCUT2D eigenvalue weighted by atomic mass is 35.5. The lowest BCUT2D eigenvalue weighted by Crippen LogP contribution is -2.62. The minimum Gasteiger partial charge on any atom is -0.487 e. The number of carbonyl (C=O) groups is 1. The van der Waals surface area contributed by atoms with Gasteiger partial charge in [-0.2, -0.15) is 5.26 Å². The fourth-order valence-electron chi connectivity index (χ4n) is 6.09. The van der Waals surface area contributed by atoms with Gasteiger partial charge in [-0.05, 0) is 75.1 Å². The van der Waals surface area contributed by atoms with E-state index in [0.29, 0.717) is 35.1 Å². The molecule has 0 atom stereocenters. The number of amides is 1. The molecule has 13 heteroatoms. The smallest absolute Gasteiger partial charge is 0.410 e. The molecule has 2 aliphatic heterocycles. The van der Waals surface area contributed by atoms with Crippen molar-refractivity contribution in [1.82, 2.24) is 14.9 Å². The molecular formula is C34H41ClN6O5S. The maximum atomic E-state index is 12.5. The van der Waals surface area contributed by atoms with Crippen molar-refractivity contribution >= 4 is 39.4 Å². The molecule has 2 aliphatic rings. The number of piperidine rings is 1. The molecule has 0 aliphatic carbocycles. The monoisotopic (exact) mass is 680 g/mol. The van der Waals surface area contributed by atoms with E-state index in [2.05, 4.69) is 39.5 Å². The Hall–Kier alpha value is -4.08. The highest BCUT2D eigenvalue weighted by molar-refractivity contribution is 7.91. The van der Waals surface area contributed by atoms with E-state index in [9.17, 15) is 18.5 Å². The number of nitrogens with one attached hydrogen (secondary N) is 1. The Morgan fingerprint density at radius 3 is 2.32 bits per heavy atom. The molecule has 2 aromatic carbocycles. The molecule has 0 bridgehead atoms. The van der Waals surface area contributed by atoms with Crippen LogP contribution in [0.25, 0.3) is 0 Å². The van der Waals surface area contributed by atoms with Crippen LogP contribution in [0.3, 0.4) is 0 Å². The first-order valence-electron chi connectivity index (χ1n) is 15.5. The van der Waals surface area contributed by atoms with E-state index >= 15 is 0 Å². The van der Waals surface area contributed by atoms with Gasteiger partial charge in [0.15, 0.2) is 0 Å². The summed E-state index contributed by atoms with van der Waals surface area (Å²) in [5.41, 5.74) is 2.85. The summed E-state index contributed by atoms with van der Waals surface area (Å²) >= 11 is 6.93. The van der Waals surface area contributed by atoms with Gasteiger partial charge in [0.1, 0.15) is 24.0 Å². The largest absolute Gasteiger partial charge is 0.487 e. The Balaban J connectivity index is 1.23. The predicted molar refractivity (Wildman–Crippen MR) is 181 cm³/mol. The topological polar surface area (TPSA) is 138 Å². The summed E-state index contributed by atoms with van der Waals surface area (Å²) in [5, 5.41) is 10.7. The summed E-state index contributed by atoms with van der Waals surface area (Å²) in [6.45, 7) is 12.8. The Kier molecular flexibility index (Phi) is 9.36. The maximum Gasteiger partial charge on any atom is 0.410 e. The molecule has 1 spiro atoms. The van der Waals surface area contributed by atoms with Crippen LogP contribution in [0, 0.1) is 16.7 Å². The molecule has 0 unspecified atom stereocenters. The number of likely N-dealkylation sites (tertiary alicyclic amines) is 1. The summed E-state index contributed by atoms with van der Waals surface area (Å²) in [5.74, 6) is 0.608. The van der Waals surface area contributed by atoms with Gasteiger partial charge >= 0.3 is 6.09 Å². The van der Waals surface area contributed by atoms with Crippen LogP contribution < -0.4 is 14.4 Å². The van der Waals surface area contributed by atoms with Crippen LogP contribution in [0.4, 0.5) is 16.4 Å². The normalized spacial score (nSPS) is 16.3. The lowest BCUT2D eigenvalue weighted by atomic mass is 9.72. The molecule has 47 heavy (non-hydrogen) atoms. The second-order valence-electron chi connectivity index (χ2n) is 14.0. The van der Waals surface area contributed by atoms with Crippen molar-refractivity contribution in [3.05, 3.63) is 76.1 Å². The van der Waals surface area contributed by atoms with Crippen LogP contribution in [-0.2, 0) is 26.8 Å². The van der Waals surface area contributed by atoms with Gasteiger partial charge in [-0.1, -0.05) is 37.6 Å². The van der Waals surface area contributed by atoms with Crippen molar-refractivity contribution in [2.45, 2.75) is 65.1 Å². The van der Waals surface area contributed by atoms with Gasteiger partial charge in [0.25, 0.3) is 0 Å². The molecule has 2 fully saturated rings. The highest BCUT2D eigenvalue weighted by Crippen LogP contribution is 2.45. The van der Waals surface area contributed by atoms with E-state index in [1.54, 1.807) is 11.0 Å². The number of hydrogen-bond acceptors (Lipinski definition) is 9. The fourth-order valence-corrected chi connectivity index (χ4v) is 6.86. The molecule has 1 amide bonds. The number of sulfonamides is 1. The van der Waals surface area contributed by atoms with Gasteiger partial charge in [-0.25, -0.2) is 23.2 Å². The zero-order chi connectivity index (χ0) is 34.2. The summed E-state index contributed by atoms with van der Waals surface area (Å²) in [6, 6.07) is 15.6. The molecule has 1 N–H and O–H groups in total. The van der Waals surface area contributed by atoms with Crippen molar-refractivity contribution in [1.29, 1.82) is 5.26 Å². The Labute approximate surface area is 281 Å². The number of hydrogen-bond donors (Lipinski definition) is 1. The number of anilines is 2. The van der Waals surface area contributed by atoms with E-state index in [4.69, 9.17) is 21.1 Å². The van der Waals surface area contributed by atoms with Gasteiger partial charge in [0.2, 0.25) is 16.0 Å². The van der Waals surface area contributed by atoms with Crippen LogP contribution in [0.2, 0.25) is 5.02 Å². The first kappa shape index (κ1) is 34.3. The van der Waals surface area contributed by atoms with Crippen molar-refractivity contribution in [2.75, 3.05) is 42.1 Å². The maximum absolute atomic E-state index is 12.5. The van der Waals surface area contributed by atoms with Crippen molar-refractivity contribution in [3.8, 4) is 11.8 Å². The van der Waals surface area contributed by atoms with Crippen LogP contribution in [-0.4, -0.2) is 67.4 Å². The average molecular weight is 681 g/mol. The standard InChI is InChI=1S/C34H41ClN6O5S/c1-32(2,3)46-31(42)41-21-34(22-41)12-15-40(16-13-34)29-23(19-36)17-25(18-28(29)35)33(4,5)24-7-9-27(10-8-24)45-20-26-11-14-37-30(38-26)39-47(6,43)44/h7-11,14,17-18H,12-13,15-16,20-22H2,1-6H3,(H,37,38,39). The number of aromatic nitrogens is 2. The molecule has 250 valence electrons. The second-order valence-corrected chi connectivity index (χ2v) is 16.1. The highest BCUT2D eigenvalue weighted by Gasteiger charge is 2.48. The summed E-state index contributed by atoms with van der Waals surface area (Å²) < 4.78 is 36.6. The van der Waals surface area contributed by atoms with Crippen LogP contribution in [0.15, 0.2) is 48.7 Å².